The number of piperazine rings is 1. The van der Waals surface area contributed by atoms with Crippen molar-refractivity contribution in [2.45, 2.75) is 32.4 Å². The summed E-state index contributed by atoms with van der Waals surface area (Å²) in [5.74, 6) is -0.710. The number of esters is 1. The Morgan fingerprint density at radius 3 is 2.17 bits per heavy atom. The van der Waals surface area contributed by atoms with Crippen LogP contribution in [0.15, 0.2) is 48.5 Å². The van der Waals surface area contributed by atoms with Gasteiger partial charge >= 0.3 is 5.97 Å². The van der Waals surface area contributed by atoms with E-state index in [2.05, 4.69) is 11.8 Å². The molecule has 1 saturated heterocycles. The summed E-state index contributed by atoms with van der Waals surface area (Å²) >= 11 is 12.1. The molecule has 7 heteroatoms. The largest absolute Gasteiger partial charge is 0.466 e. The highest BCUT2D eigenvalue weighted by Crippen LogP contribution is 2.35. The van der Waals surface area contributed by atoms with Crippen LogP contribution in [-0.4, -0.2) is 42.5 Å². The third-order valence-electron chi connectivity index (χ3n) is 5.02. The second-order valence-corrected chi connectivity index (χ2v) is 7.95. The monoisotopic (exact) mass is 434 g/mol. The van der Waals surface area contributed by atoms with Crippen molar-refractivity contribution >= 4 is 40.8 Å². The molecule has 0 N–H and O–H groups in total. The summed E-state index contributed by atoms with van der Waals surface area (Å²) in [4.78, 5) is 28.5. The van der Waals surface area contributed by atoms with Gasteiger partial charge in [-0.2, -0.15) is 0 Å². The Morgan fingerprint density at radius 1 is 1.00 bits per heavy atom. The SMILES string of the molecule is CCOC(=O)CC(=O)N1CC(C)N(c2ccc(Cl)cc2)C(c2ccc(Cl)cc2)C1. The first-order valence-corrected chi connectivity index (χ1v) is 10.4. The Morgan fingerprint density at radius 2 is 1.59 bits per heavy atom. The van der Waals surface area contributed by atoms with Crippen LogP contribution in [0.3, 0.4) is 0 Å². The lowest BCUT2D eigenvalue weighted by Crippen LogP contribution is -2.55. The number of benzene rings is 2. The van der Waals surface area contributed by atoms with Gasteiger partial charge in [-0.25, -0.2) is 0 Å². The van der Waals surface area contributed by atoms with Gasteiger partial charge in [0, 0.05) is 34.9 Å². The van der Waals surface area contributed by atoms with Crippen LogP contribution in [-0.2, 0) is 14.3 Å². The third-order valence-corrected chi connectivity index (χ3v) is 5.53. The molecule has 0 bridgehead atoms. The molecular formula is C22H24Cl2N2O3. The van der Waals surface area contributed by atoms with Crippen molar-refractivity contribution in [1.29, 1.82) is 0 Å². The molecule has 1 aliphatic heterocycles. The van der Waals surface area contributed by atoms with Gasteiger partial charge in [0.2, 0.25) is 5.91 Å². The minimum absolute atomic E-state index is 0.0387. The number of hydrogen-bond acceptors (Lipinski definition) is 4. The minimum atomic E-state index is -0.492. The van der Waals surface area contributed by atoms with Crippen LogP contribution in [0, 0.1) is 0 Å². The Bertz CT molecular complexity index is 855. The van der Waals surface area contributed by atoms with Gasteiger partial charge in [0.15, 0.2) is 0 Å². The molecule has 0 saturated carbocycles. The summed E-state index contributed by atoms with van der Waals surface area (Å²) in [6.45, 7) is 5.05. The van der Waals surface area contributed by atoms with Crippen molar-refractivity contribution in [2.24, 2.45) is 0 Å². The van der Waals surface area contributed by atoms with Gasteiger partial charge in [-0.1, -0.05) is 35.3 Å². The van der Waals surface area contributed by atoms with E-state index in [0.717, 1.165) is 11.3 Å². The molecule has 1 fully saturated rings. The van der Waals surface area contributed by atoms with Crippen LogP contribution in [0.5, 0.6) is 0 Å². The van der Waals surface area contributed by atoms with E-state index in [4.69, 9.17) is 27.9 Å². The van der Waals surface area contributed by atoms with Crippen molar-refractivity contribution in [3.8, 4) is 0 Å². The molecule has 154 valence electrons. The quantitative estimate of drug-likeness (QED) is 0.504. The molecule has 1 amide bonds. The van der Waals surface area contributed by atoms with E-state index in [-0.39, 0.29) is 31.0 Å². The van der Waals surface area contributed by atoms with E-state index in [1.165, 1.54) is 0 Å². The van der Waals surface area contributed by atoms with Gasteiger partial charge in [0.25, 0.3) is 0 Å². The fraction of sp³-hybridized carbons (Fsp3) is 0.364. The first-order valence-electron chi connectivity index (χ1n) is 9.61. The summed E-state index contributed by atoms with van der Waals surface area (Å²) in [7, 11) is 0. The Labute approximate surface area is 181 Å². The number of halogens is 2. The Kier molecular flexibility index (Phi) is 7.04. The zero-order valence-corrected chi connectivity index (χ0v) is 18.0. The molecule has 1 heterocycles. The van der Waals surface area contributed by atoms with Crippen LogP contribution >= 0.6 is 23.2 Å². The van der Waals surface area contributed by atoms with E-state index < -0.39 is 5.97 Å². The van der Waals surface area contributed by atoms with E-state index >= 15 is 0 Å². The van der Waals surface area contributed by atoms with E-state index in [9.17, 15) is 9.59 Å². The fourth-order valence-electron chi connectivity index (χ4n) is 3.73. The lowest BCUT2D eigenvalue weighted by atomic mass is 9.97. The van der Waals surface area contributed by atoms with Gasteiger partial charge in [0.05, 0.1) is 12.6 Å². The number of amides is 1. The number of carbonyl (C=O) groups is 2. The maximum atomic E-state index is 12.7. The molecule has 2 atom stereocenters. The van der Waals surface area contributed by atoms with Gasteiger partial charge in [-0.05, 0) is 55.8 Å². The second kappa shape index (κ2) is 9.51. The van der Waals surface area contributed by atoms with Crippen molar-refractivity contribution in [1.82, 2.24) is 4.90 Å². The highest BCUT2D eigenvalue weighted by molar-refractivity contribution is 6.30. The molecule has 0 aromatic heterocycles. The number of anilines is 1. The molecule has 5 nitrogen and oxygen atoms in total. The summed E-state index contributed by atoms with van der Waals surface area (Å²) in [5.41, 5.74) is 2.07. The predicted molar refractivity (Wildman–Crippen MR) is 115 cm³/mol. The average molecular weight is 435 g/mol. The summed E-state index contributed by atoms with van der Waals surface area (Å²) < 4.78 is 4.93. The number of ether oxygens (including phenoxy) is 1. The summed E-state index contributed by atoms with van der Waals surface area (Å²) in [5, 5.41) is 1.33. The van der Waals surface area contributed by atoms with Crippen LogP contribution in [0.25, 0.3) is 0 Å². The second-order valence-electron chi connectivity index (χ2n) is 7.08. The zero-order chi connectivity index (χ0) is 21.0. The van der Waals surface area contributed by atoms with Crippen LogP contribution in [0.2, 0.25) is 10.0 Å². The van der Waals surface area contributed by atoms with Gasteiger partial charge < -0.3 is 14.5 Å². The lowest BCUT2D eigenvalue weighted by molar-refractivity contribution is -0.149. The third kappa shape index (κ3) is 5.22. The smallest absolute Gasteiger partial charge is 0.315 e. The van der Waals surface area contributed by atoms with Gasteiger partial charge in [-0.15, -0.1) is 0 Å². The topological polar surface area (TPSA) is 49.9 Å². The first kappa shape index (κ1) is 21.5. The highest BCUT2D eigenvalue weighted by atomic mass is 35.5. The maximum absolute atomic E-state index is 12.7. The van der Waals surface area contributed by atoms with Crippen LogP contribution < -0.4 is 4.90 Å². The molecule has 2 aromatic carbocycles. The van der Waals surface area contributed by atoms with Gasteiger partial charge in [-0.3, -0.25) is 9.59 Å². The van der Waals surface area contributed by atoms with Crippen molar-refractivity contribution in [2.75, 3.05) is 24.6 Å². The summed E-state index contributed by atoms with van der Waals surface area (Å²) in [6, 6.07) is 15.3. The molecule has 2 unspecified atom stereocenters. The Hall–Kier alpha value is -2.24. The van der Waals surface area contributed by atoms with Crippen LogP contribution in [0.4, 0.5) is 5.69 Å². The molecule has 1 aliphatic rings. The van der Waals surface area contributed by atoms with E-state index in [1.807, 2.05) is 48.5 Å². The number of nitrogens with zero attached hydrogens (tertiary/aromatic N) is 2. The van der Waals surface area contributed by atoms with Gasteiger partial charge in [0.1, 0.15) is 6.42 Å². The molecule has 0 radical (unpaired) electrons. The predicted octanol–water partition coefficient (Wildman–Crippen LogP) is 4.73. The van der Waals surface area contributed by atoms with Crippen molar-refractivity contribution < 1.29 is 14.3 Å². The van der Waals surface area contributed by atoms with E-state index in [0.29, 0.717) is 23.1 Å². The minimum Gasteiger partial charge on any atom is -0.466 e. The fourth-order valence-corrected chi connectivity index (χ4v) is 3.99. The van der Waals surface area contributed by atoms with Crippen LogP contribution in [0.1, 0.15) is 31.9 Å². The standard InChI is InChI=1S/C22H24Cl2N2O3/c1-3-29-22(28)12-21(27)25-13-15(2)26(19-10-8-18(24)9-11-19)20(14-25)16-4-6-17(23)7-5-16/h4-11,15,20H,3,12-14H2,1-2H3. The molecule has 0 spiro atoms. The number of carbonyl (C=O) groups excluding carboxylic acids is 2. The zero-order valence-electron chi connectivity index (χ0n) is 16.5. The lowest BCUT2D eigenvalue weighted by Gasteiger charge is -2.47. The Balaban J connectivity index is 1.89. The highest BCUT2D eigenvalue weighted by Gasteiger charge is 2.35. The summed E-state index contributed by atoms with van der Waals surface area (Å²) in [6.07, 6.45) is -0.241. The molecular weight excluding hydrogens is 411 g/mol. The number of rotatable bonds is 5. The van der Waals surface area contributed by atoms with E-state index in [1.54, 1.807) is 11.8 Å². The normalized spacial score (nSPS) is 19.2. The van der Waals surface area contributed by atoms with Crippen molar-refractivity contribution in [3.63, 3.8) is 0 Å². The molecule has 0 aliphatic carbocycles. The molecule has 2 aromatic rings. The first-order chi connectivity index (χ1) is 13.9. The van der Waals surface area contributed by atoms with Crippen molar-refractivity contribution in [3.05, 3.63) is 64.1 Å². The molecule has 3 rings (SSSR count). The average Bonchev–Trinajstić information content (AvgIpc) is 2.69. The number of hydrogen-bond donors (Lipinski definition) is 0. The maximum Gasteiger partial charge on any atom is 0.315 e. The molecule has 29 heavy (non-hydrogen) atoms.